The van der Waals surface area contributed by atoms with E-state index in [2.05, 4.69) is 20.8 Å². The van der Waals surface area contributed by atoms with Crippen molar-refractivity contribution in [3.63, 3.8) is 0 Å². The molecule has 1 atom stereocenters. The molecule has 1 unspecified atom stereocenters. The van der Waals surface area contributed by atoms with E-state index in [-0.39, 0.29) is 6.67 Å². The Morgan fingerprint density at radius 3 is 3.09 bits per heavy atom. The molecule has 1 fully saturated rings. The molecule has 0 aliphatic carbocycles. The zero-order chi connectivity index (χ0) is 8.10. The molecule has 0 aromatic rings. The maximum Gasteiger partial charge on any atom is 0.102 e. The number of halogens is 2. The summed E-state index contributed by atoms with van der Waals surface area (Å²) in [6.45, 7) is 1.44. The summed E-state index contributed by atoms with van der Waals surface area (Å²) < 4.78 is 12.0. The maximum atomic E-state index is 12.0. The molecule has 1 nitrogen and oxygen atoms in total. The van der Waals surface area contributed by atoms with Gasteiger partial charge in [0, 0.05) is 36.0 Å². The van der Waals surface area contributed by atoms with E-state index in [9.17, 15) is 4.39 Å². The fraction of sp³-hybridized carbons (Fsp3) is 1.00. The minimum atomic E-state index is -0.214. The average Bonchev–Trinajstić information content (AvgIpc) is 2.06. The largest absolute Gasteiger partial charge is 0.295 e. The van der Waals surface area contributed by atoms with Crippen molar-refractivity contribution in [2.45, 2.75) is 6.04 Å². The van der Waals surface area contributed by atoms with Crippen molar-refractivity contribution in [3.05, 3.63) is 0 Å². The Hall–Kier alpha value is 0.720. The molecule has 0 amide bonds. The number of rotatable bonds is 3. The number of nitrogens with zero attached hydrogens (tertiary/aromatic N) is 1. The average molecular weight is 242 g/mol. The van der Waals surface area contributed by atoms with Gasteiger partial charge < -0.3 is 0 Å². The van der Waals surface area contributed by atoms with E-state index in [0.29, 0.717) is 12.6 Å². The number of hydrogen-bond acceptors (Lipinski definition) is 2. The Morgan fingerprint density at radius 2 is 2.45 bits per heavy atom. The van der Waals surface area contributed by atoms with Crippen LogP contribution in [0.4, 0.5) is 4.39 Å². The second-order valence-electron chi connectivity index (χ2n) is 2.61. The van der Waals surface area contributed by atoms with E-state index in [1.165, 1.54) is 0 Å². The van der Waals surface area contributed by atoms with Crippen LogP contribution >= 0.6 is 27.7 Å². The number of hydrogen-bond donors (Lipinski definition) is 0. The highest BCUT2D eigenvalue weighted by molar-refractivity contribution is 9.09. The summed E-state index contributed by atoms with van der Waals surface area (Å²) in [5, 5.41) is 0.972. The first-order valence-electron chi connectivity index (χ1n) is 3.82. The molecule has 1 aliphatic rings. The van der Waals surface area contributed by atoms with Crippen LogP contribution in [0.3, 0.4) is 0 Å². The topological polar surface area (TPSA) is 3.24 Å². The number of alkyl halides is 2. The fourth-order valence-corrected chi connectivity index (χ4v) is 3.31. The van der Waals surface area contributed by atoms with Crippen molar-refractivity contribution in [1.29, 1.82) is 0 Å². The summed E-state index contributed by atoms with van der Waals surface area (Å²) in [6.07, 6.45) is 0. The highest BCUT2D eigenvalue weighted by Crippen LogP contribution is 2.17. The molecular formula is C7H13BrFNS. The van der Waals surface area contributed by atoms with Crippen LogP contribution in [0.2, 0.25) is 0 Å². The Kier molecular flexibility index (Phi) is 4.80. The van der Waals surface area contributed by atoms with Crippen LogP contribution in [-0.2, 0) is 0 Å². The quantitative estimate of drug-likeness (QED) is 0.694. The lowest BCUT2D eigenvalue weighted by atomic mass is 10.3. The van der Waals surface area contributed by atoms with Crippen molar-refractivity contribution < 1.29 is 4.39 Å². The van der Waals surface area contributed by atoms with Gasteiger partial charge in [-0.2, -0.15) is 11.8 Å². The van der Waals surface area contributed by atoms with Crippen LogP contribution in [-0.4, -0.2) is 47.5 Å². The van der Waals surface area contributed by atoms with Gasteiger partial charge in [0.25, 0.3) is 0 Å². The zero-order valence-corrected chi connectivity index (χ0v) is 8.83. The highest BCUT2D eigenvalue weighted by Gasteiger charge is 2.20. The van der Waals surface area contributed by atoms with Crippen molar-refractivity contribution in [2.24, 2.45) is 0 Å². The molecule has 11 heavy (non-hydrogen) atoms. The molecule has 1 saturated heterocycles. The Labute approximate surface area is 79.8 Å². The first-order valence-corrected chi connectivity index (χ1v) is 6.10. The van der Waals surface area contributed by atoms with E-state index in [4.69, 9.17) is 0 Å². The van der Waals surface area contributed by atoms with E-state index in [1.54, 1.807) is 0 Å². The van der Waals surface area contributed by atoms with Crippen LogP contribution in [0.1, 0.15) is 0 Å². The summed E-state index contributed by atoms with van der Waals surface area (Å²) in [5.41, 5.74) is 0. The van der Waals surface area contributed by atoms with Crippen molar-refractivity contribution in [2.75, 3.05) is 36.6 Å². The van der Waals surface area contributed by atoms with Gasteiger partial charge in [0.15, 0.2) is 0 Å². The first-order chi connectivity index (χ1) is 5.38. The van der Waals surface area contributed by atoms with Gasteiger partial charge in [-0.1, -0.05) is 15.9 Å². The lowest BCUT2D eigenvalue weighted by molar-refractivity contribution is 0.216. The summed E-state index contributed by atoms with van der Waals surface area (Å²) >= 11 is 5.41. The van der Waals surface area contributed by atoms with Gasteiger partial charge in [0.2, 0.25) is 0 Å². The fourth-order valence-electron chi connectivity index (χ4n) is 1.23. The van der Waals surface area contributed by atoms with Crippen LogP contribution in [0.25, 0.3) is 0 Å². The SMILES string of the molecule is FCCN1CCSCC1CBr. The number of thioether (sulfide) groups is 1. The normalized spacial score (nSPS) is 27.3. The van der Waals surface area contributed by atoms with Crippen LogP contribution in [0.5, 0.6) is 0 Å². The molecule has 0 spiro atoms. The third-order valence-electron chi connectivity index (χ3n) is 1.90. The molecule has 0 aromatic heterocycles. The van der Waals surface area contributed by atoms with E-state index < -0.39 is 0 Å². The van der Waals surface area contributed by atoms with Gasteiger partial charge in [0.05, 0.1) is 0 Å². The molecule has 0 N–H and O–H groups in total. The van der Waals surface area contributed by atoms with E-state index >= 15 is 0 Å². The van der Waals surface area contributed by atoms with Gasteiger partial charge in [-0.3, -0.25) is 4.90 Å². The highest BCUT2D eigenvalue weighted by atomic mass is 79.9. The standard InChI is InChI=1S/C7H13BrFNS/c8-5-7-6-11-4-3-10(7)2-1-9/h7H,1-6H2. The maximum absolute atomic E-state index is 12.0. The molecular weight excluding hydrogens is 229 g/mol. The molecule has 0 radical (unpaired) electrons. The van der Waals surface area contributed by atoms with Crippen LogP contribution in [0.15, 0.2) is 0 Å². The molecule has 66 valence electrons. The molecule has 0 aromatic carbocycles. The van der Waals surface area contributed by atoms with E-state index in [0.717, 1.165) is 23.4 Å². The summed E-state index contributed by atoms with van der Waals surface area (Å²) in [6, 6.07) is 0.546. The van der Waals surface area contributed by atoms with Gasteiger partial charge >= 0.3 is 0 Å². The van der Waals surface area contributed by atoms with Gasteiger partial charge in [-0.25, -0.2) is 4.39 Å². The van der Waals surface area contributed by atoms with Crippen molar-refractivity contribution in [1.82, 2.24) is 4.90 Å². The molecule has 0 saturated carbocycles. The predicted molar refractivity (Wildman–Crippen MR) is 52.5 cm³/mol. The molecule has 1 aliphatic heterocycles. The lowest BCUT2D eigenvalue weighted by Crippen LogP contribution is -2.44. The second-order valence-corrected chi connectivity index (χ2v) is 4.41. The molecule has 0 bridgehead atoms. The third-order valence-corrected chi connectivity index (χ3v) is 3.74. The predicted octanol–water partition coefficient (Wildman–Crippen LogP) is 1.77. The molecule has 4 heteroatoms. The minimum Gasteiger partial charge on any atom is -0.295 e. The smallest absolute Gasteiger partial charge is 0.102 e. The van der Waals surface area contributed by atoms with E-state index in [1.807, 2.05) is 11.8 Å². The molecule has 1 heterocycles. The second kappa shape index (κ2) is 5.38. The summed E-state index contributed by atoms with van der Waals surface area (Å²) in [5.74, 6) is 2.30. The summed E-state index contributed by atoms with van der Waals surface area (Å²) in [7, 11) is 0. The lowest BCUT2D eigenvalue weighted by Gasteiger charge is -2.33. The van der Waals surface area contributed by atoms with Crippen LogP contribution in [0, 0.1) is 0 Å². The van der Waals surface area contributed by atoms with Crippen molar-refractivity contribution in [3.8, 4) is 0 Å². The first kappa shape index (κ1) is 9.81. The van der Waals surface area contributed by atoms with Gasteiger partial charge in [-0.15, -0.1) is 0 Å². The monoisotopic (exact) mass is 241 g/mol. The van der Waals surface area contributed by atoms with Gasteiger partial charge in [0.1, 0.15) is 6.67 Å². The Balaban J connectivity index is 2.31. The zero-order valence-electron chi connectivity index (χ0n) is 6.43. The summed E-state index contributed by atoms with van der Waals surface area (Å²) in [4.78, 5) is 2.23. The van der Waals surface area contributed by atoms with Crippen LogP contribution < -0.4 is 0 Å². The van der Waals surface area contributed by atoms with Gasteiger partial charge in [-0.05, 0) is 0 Å². The third kappa shape index (κ3) is 2.92. The minimum absolute atomic E-state index is 0.214. The Bertz CT molecular complexity index is 113. The Morgan fingerprint density at radius 1 is 1.64 bits per heavy atom. The molecule has 1 rings (SSSR count). The van der Waals surface area contributed by atoms with Crippen molar-refractivity contribution >= 4 is 27.7 Å².